The Labute approximate surface area is 106 Å². The van der Waals surface area contributed by atoms with Gasteiger partial charge in [0.15, 0.2) is 0 Å². The van der Waals surface area contributed by atoms with E-state index in [2.05, 4.69) is 18.7 Å². The van der Waals surface area contributed by atoms with E-state index in [4.69, 9.17) is 0 Å². The number of carbonyl (C=O) groups is 1. The largest absolute Gasteiger partial charge is 0.337 e. The van der Waals surface area contributed by atoms with Crippen LogP contribution >= 0.6 is 0 Å². The molecule has 2 unspecified atom stereocenters. The van der Waals surface area contributed by atoms with Crippen LogP contribution in [-0.2, 0) is 4.79 Å². The molecule has 1 aliphatic heterocycles. The van der Waals surface area contributed by atoms with Gasteiger partial charge >= 0.3 is 0 Å². The molecule has 17 heavy (non-hydrogen) atoms. The number of piperidine rings is 1. The lowest BCUT2D eigenvalue weighted by Crippen LogP contribution is -2.48. The molecule has 2 fully saturated rings. The summed E-state index contributed by atoms with van der Waals surface area (Å²) in [5.41, 5.74) is 0. The quantitative estimate of drug-likeness (QED) is 0.716. The predicted octanol–water partition coefficient (Wildman–Crippen LogP) is 3.75. The maximum Gasteiger partial charge on any atom is 0.223 e. The fourth-order valence-corrected chi connectivity index (χ4v) is 3.66. The standard InChI is InChI=1S/C15H27NO/c1-12-7-6-8-13(2)16(12)15(17)11-14-9-4-3-5-10-14/h12-14H,3-11H2,1-2H3. The molecule has 1 amide bonds. The van der Waals surface area contributed by atoms with Gasteiger partial charge in [-0.2, -0.15) is 0 Å². The van der Waals surface area contributed by atoms with Gasteiger partial charge in [0.1, 0.15) is 0 Å². The number of amides is 1. The molecular formula is C15H27NO. The minimum Gasteiger partial charge on any atom is -0.337 e. The molecule has 2 atom stereocenters. The second-order valence-corrected chi connectivity index (χ2v) is 6.14. The van der Waals surface area contributed by atoms with Gasteiger partial charge < -0.3 is 4.90 Å². The summed E-state index contributed by atoms with van der Waals surface area (Å²) in [7, 11) is 0. The summed E-state index contributed by atoms with van der Waals surface area (Å²) in [4.78, 5) is 14.6. The van der Waals surface area contributed by atoms with Crippen LogP contribution in [0.5, 0.6) is 0 Å². The summed E-state index contributed by atoms with van der Waals surface area (Å²) in [6.45, 7) is 4.43. The zero-order chi connectivity index (χ0) is 12.3. The maximum atomic E-state index is 12.4. The Balaban J connectivity index is 1.88. The third-order valence-corrected chi connectivity index (χ3v) is 4.67. The van der Waals surface area contributed by atoms with Crippen LogP contribution in [0, 0.1) is 5.92 Å². The monoisotopic (exact) mass is 237 g/mol. The second kappa shape index (κ2) is 5.88. The Kier molecular flexibility index (Phi) is 4.47. The Hall–Kier alpha value is -0.530. The molecule has 0 N–H and O–H groups in total. The third-order valence-electron chi connectivity index (χ3n) is 4.67. The minimum atomic E-state index is 0.427. The summed E-state index contributed by atoms with van der Waals surface area (Å²) in [6.07, 6.45) is 11.1. The van der Waals surface area contributed by atoms with Crippen molar-refractivity contribution in [2.24, 2.45) is 5.92 Å². The average molecular weight is 237 g/mol. The van der Waals surface area contributed by atoms with Crippen molar-refractivity contribution in [2.45, 2.75) is 83.7 Å². The zero-order valence-corrected chi connectivity index (χ0v) is 11.5. The summed E-state index contributed by atoms with van der Waals surface area (Å²) in [5.74, 6) is 1.11. The van der Waals surface area contributed by atoms with Crippen molar-refractivity contribution < 1.29 is 4.79 Å². The first-order valence-corrected chi connectivity index (χ1v) is 7.49. The van der Waals surface area contributed by atoms with Crippen LogP contribution in [0.2, 0.25) is 0 Å². The number of hydrogen-bond acceptors (Lipinski definition) is 1. The summed E-state index contributed by atoms with van der Waals surface area (Å²) in [5, 5.41) is 0. The van der Waals surface area contributed by atoms with Crippen molar-refractivity contribution in [1.29, 1.82) is 0 Å². The van der Waals surface area contributed by atoms with Crippen molar-refractivity contribution >= 4 is 5.91 Å². The second-order valence-electron chi connectivity index (χ2n) is 6.14. The molecule has 2 aliphatic rings. The van der Waals surface area contributed by atoms with Crippen LogP contribution in [-0.4, -0.2) is 22.9 Å². The van der Waals surface area contributed by atoms with Crippen LogP contribution in [0.1, 0.15) is 71.6 Å². The van der Waals surface area contributed by atoms with Crippen molar-refractivity contribution in [3.05, 3.63) is 0 Å². The normalized spacial score (nSPS) is 31.5. The highest BCUT2D eigenvalue weighted by molar-refractivity contribution is 5.77. The summed E-state index contributed by atoms with van der Waals surface area (Å²) >= 11 is 0. The van der Waals surface area contributed by atoms with Gasteiger partial charge in [0.05, 0.1) is 0 Å². The predicted molar refractivity (Wildman–Crippen MR) is 70.8 cm³/mol. The zero-order valence-electron chi connectivity index (χ0n) is 11.5. The van der Waals surface area contributed by atoms with Crippen molar-refractivity contribution in [1.82, 2.24) is 4.90 Å². The molecule has 0 bridgehead atoms. The lowest BCUT2D eigenvalue weighted by molar-refractivity contribution is -0.138. The van der Waals surface area contributed by atoms with Crippen LogP contribution in [0.25, 0.3) is 0 Å². The highest BCUT2D eigenvalue weighted by Crippen LogP contribution is 2.29. The van der Waals surface area contributed by atoms with Gasteiger partial charge in [-0.15, -0.1) is 0 Å². The van der Waals surface area contributed by atoms with E-state index in [1.807, 2.05) is 0 Å². The van der Waals surface area contributed by atoms with E-state index in [0.717, 1.165) is 6.42 Å². The van der Waals surface area contributed by atoms with E-state index in [1.165, 1.54) is 51.4 Å². The molecular weight excluding hydrogens is 210 g/mol. The molecule has 2 rings (SSSR count). The lowest BCUT2D eigenvalue weighted by atomic mass is 9.86. The number of hydrogen-bond donors (Lipinski definition) is 0. The van der Waals surface area contributed by atoms with E-state index in [-0.39, 0.29) is 0 Å². The van der Waals surface area contributed by atoms with E-state index in [0.29, 0.717) is 23.9 Å². The first kappa shape index (κ1) is 12.9. The Morgan fingerprint density at radius 2 is 1.53 bits per heavy atom. The Morgan fingerprint density at radius 1 is 0.941 bits per heavy atom. The average Bonchev–Trinajstić information content (AvgIpc) is 2.30. The van der Waals surface area contributed by atoms with Crippen molar-refractivity contribution in [3.63, 3.8) is 0 Å². The van der Waals surface area contributed by atoms with Crippen LogP contribution in [0.3, 0.4) is 0 Å². The fraction of sp³-hybridized carbons (Fsp3) is 0.933. The topological polar surface area (TPSA) is 20.3 Å². The van der Waals surface area contributed by atoms with Gasteiger partial charge in [-0.3, -0.25) is 4.79 Å². The van der Waals surface area contributed by atoms with Gasteiger partial charge in [-0.25, -0.2) is 0 Å². The smallest absolute Gasteiger partial charge is 0.223 e. The lowest BCUT2D eigenvalue weighted by Gasteiger charge is -2.40. The van der Waals surface area contributed by atoms with E-state index >= 15 is 0 Å². The van der Waals surface area contributed by atoms with Crippen LogP contribution in [0.15, 0.2) is 0 Å². The first-order valence-electron chi connectivity index (χ1n) is 7.49. The van der Waals surface area contributed by atoms with Gasteiger partial charge in [0.25, 0.3) is 0 Å². The minimum absolute atomic E-state index is 0.427. The van der Waals surface area contributed by atoms with Crippen molar-refractivity contribution in [2.75, 3.05) is 0 Å². The maximum absolute atomic E-state index is 12.4. The molecule has 98 valence electrons. The molecule has 0 spiro atoms. The molecule has 1 aliphatic carbocycles. The SMILES string of the molecule is CC1CCCC(C)N1C(=O)CC1CCCCC1. The van der Waals surface area contributed by atoms with Gasteiger partial charge in [0, 0.05) is 18.5 Å². The molecule has 2 nitrogen and oxygen atoms in total. The summed E-state index contributed by atoms with van der Waals surface area (Å²) in [6, 6.07) is 0.935. The molecule has 0 aromatic rings. The fourth-order valence-electron chi connectivity index (χ4n) is 3.66. The van der Waals surface area contributed by atoms with Crippen LogP contribution < -0.4 is 0 Å². The van der Waals surface area contributed by atoms with E-state index in [1.54, 1.807) is 0 Å². The highest BCUT2D eigenvalue weighted by Gasteiger charge is 2.30. The Bertz CT molecular complexity index is 248. The van der Waals surface area contributed by atoms with E-state index in [9.17, 15) is 4.79 Å². The number of nitrogens with zero attached hydrogens (tertiary/aromatic N) is 1. The van der Waals surface area contributed by atoms with Gasteiger partial charge in [0.2, 0.25) is 5.91 Å². The molecule has 0 radical (unpaired) electrons. The molecule has 2 heteroatoms. The number of rotatable bonds is 2. The molecule has 1 heterocycles. The third kappa shape index (κ3) is 3.23. The number of likely N-dealkylation sites (tertiary alicyclic amines) is 1. The summed E-state index contributed by atoms with van der Waals surface area (Å²) < 4.78 is 0. The molecule has 1 saturated carbocycles. The van der Waals surface area contributed by atoms with Crippen molar-refractivity contribution in [3.8, 4) is 0 Å². The van der Waals surface area contributed by atoms with E-state index < -0.39 is 0 Å². The highest BCUT2D eigenvalue weighted by atomic mass is 16.2. The molecule has 0 aromatic carbocycles. The van der Waals surface area contributed by atoms with Gasteiger partial charge in [-0.1, -0.05) is 19.3 Å². The molecule has 0 aromatic heterocycles. The van der Waals surface area contributed by atoms with Crippen LogP contribution in [0.4, 0.5) is 0 Å². The number of carbonyl (C=O) groups excluding carboxylic acids is 1. The van der Waals surface area contributed by atoms with Gasteiger partial charge in [-0.05, 0) is 51.9 Å². The first-order chi connectivity index (χ1) is 8.18. The Morgan fingerprint density at radius 3 is 2.12 bits per heavy atom. The molecule has 1 saturated heterocycles.